The molecule has 0 bridgehead atoms. The molecule has 2 heterocycles. The van der Waals surface area contributed by atoms with Crippen molar-refractivity contribution in [3.63, 3.8) is 0 Å². The standard InChI is InChI=1S/C26H25N5OS/c1-2-17-31-25(22-14-9-16-27-19-22)29-30-26(31)33-18-15-23(32)28-24(20-10-5-3-6-11-20)21-12-7-4-8-13-21/h2-14,16,19,24H,1,15,17-18H2,(H,28,32). The Balaban J connectivity index is 1.42. The molecule has 0 atom stereocenters. The summed E-state index contributed by atoms with van der Waals surface area (Å²) in [7, 11) is 0. The summed E-state index contributed by atoms with van der Waals surface area (Å²) in [6.45, 7) is 4.42. The number of thioether (sulfide) groups is 1. The summed E-state index contributed by atoms with van der Waals surface area (Å²) in [5.41, 5.74) is 3.00. The molecule has 4 aromatic rings. The smallest absolute Gasteiger partial charge is 0.221 e. The number of carbonyl (C=O) groups is 1. The summed E-state index contributed by atoms with van der Waals surface area (Å²) in [6, 6.07) is 23.7. The molecule has 0 fully saturated rings. The molecule has 0 aliphatic carbocycles. The maximum absolute atomic E-state index is 12.8. The second-order valence-corrected chi connectivity index (χ2v) is 8.43. The van der Waals surface area contributed by atoms with Gasteiger partial charge < -0.3 is 5.32 Å². The van der Waals surface area contributed by atoms with E-state index in [0.717, 1.165) is 27.7 Å². The molecule has 0 unspecified atom stereocenters. The number of pyridine rings is 1. The number of carbonyl (C=O) groups excluding carboxylic acids is 1. The van der Waals surface area contributed by atoms with Crippen molar-refractivity contribution in [2.75, 3.05) is 5.75 Å². The first-order valence-electron chi connectivity index (χ1n) is 10.7. The van der Waals surface area contributed by atoms with Crippen molar-refractivity contribution in [1.82, 2.24) is 25.1 Å². The molecule has 2 aromatic carbocycles. The topological polar surface area (TPSA) is 72.7 Å². The summed E-state index contributed by atoms with van der Waals surface area (Å²) >= 11 is 1.51. The van der Waals surface area contributed by atoms with Crippen LogP contribution in [0.5, 0.6) is 0 Å². The highest BCUT2D eigenvalue weighted by Gasteiger charge is 2.18. The molecular weight excluding hydrogens is 430 g/mol. The van der Waals surface area contributed by atoms with E-state index in [1.165, 1.54) is 11.8 Å². The highest BCUT2D eigenvalue weighted by atomic mass is 32.2. The molecule has 1 amide bonds. The average Bonchev–Trinajstić information content (AvgIpc) is 3.27. The molecule has 2 aromatic heterocycles. The maximum atomic E-state index is 12.8. The van der Waals surface area contributed by atoms with Gasteiger partial charge in [-0.15, -0.1) is 16.8 Å². The van der Waals surface area contributed by atoms with E-state index in [-0.39, 0.29) is 11.9 Å². The van der Waals surface area contributed by atoms with E-state index >= 15 is 0 Å². The molecule has 4 rings (SSSR count). The van der Waals surface area contributed by atoms with Gasteiger partial charge in [-0.3, -0.25) is 14.3 Å². The molecule has 1 N–H and O–H groups in total. The van der Waals surface area contributed by atoms with E-state index in [4.69, 9.17) is 0 Å². The predicted octanol–water partition coefficient (Wildman–Crippen LogP) is 4.91. The minimum Gasteiger partial charge on any atom is -0.345 e. The fraction of sp³-hybridized carbons (Fsp3) is 0.154. The van der Waals surface area contributed by atoms with Crippen LogP contribution in [-0.2, 0) is 11.3 Å². The first kappa shape index (κ1) is 22.5. The van der Waals surface area contributed by atoms with Crippen LogP contribution in [0.2, 0.25) is 0 Å². The zero-order valence-electron chi connectivity index (χ0n) is 18.2. The Morgan fingerprint density at radius 3 is 2.30 bits per heavy atom. The van der Waals surface area contributed by atoms with E-state index in [9.17, 15) is 4.79 Å². The van der Waals surface area contributed by atoms with E-state index < -0.39 is 0 Å². The van der Waals surface area contributed by atoms with Gasteiger partial charge in [0.25, 0.3) is 0 Å². The summed E-state index contributed by atoms with van der Waals surface area (Å²) in [4.78, 5) is 17.0. The first-order chi connectivity index (χ1) is 16.3. The van der Waals surface area contributed by atoms with Crippen LogP contribution in [0.3, 0.4) is 0 Å². The fourth-order valence-electron chi connectivity index (χ4n) is 3.52. The van der Waals surface area contributed by atoms with Gasteiger partial charge in [-0.05, 0) is 23.3 Å². The van der Waals surface area contributed by atoms with Gasteiger partial charge in [0.15, 0.2) is 11.0 Å². The van der Waals surface area contributed by atoms with Crippen LogP contribution in [0.15, 0.2) is 103 Å². The SMILES string of the molecule is C=CCn1c(SCCC(=O)NC(c2ccccc2)c2ccccc2)nnc1-c1cccnc1. The lowest BCUT2D eigenvalue weighted by Gasteiger charge is -2.20. The lowest BCUT2D eigenvalue weighted by molar-refractivity contribution is -0.121. The van der Waals surface area contributed by atoms with Crippen LogP contribution in [-0.4, -0.2) is 31.4 Å². The first-order valence-corrected chi connectivity index (χ1v) is 11.7. The highest BCUT2D eigenvalue weighted by Crippen LogP contribution is 2.25. The molecule has 0 aliphatic rings. The third kappa shape index (κ3) is 5.75. The Kier molecular flexibility index (Phi) is 7.66. The normalized spacial score (nSPS) is 10.8. The van der Waals surface area contributed by atoms with Gasteiger partial charge in [0.2, 0.25) is 5.91 Å². The molecule has 0 saturated heterocycles. The lowest BCUT2D eigenvalue weighted by atomic mass is 9.98. The number of nitrogens with one attached hydrogen (secondary N) is 1. The van der Waals surface area contributed by atoms with Gasteiger partial charge in [-0.1, -0.05) is 78.5 Å². The van der Waals surface area contributed by atoms with Gasteiger partial charge in [0.1, 0.15) is 0 Å². The summed E-state index contributed by atoms with van der Waals surface area (Å²) in [6.07, 6.45) is 5.66. The lowest BCUT2D eigenvalue weighted by Crippen LogP contribution is -2.29. The van der Waals surface area contributed by atoms with Gasteiger partial charge in [0, 0.05) is 36.7 Å². The largest absolute Gasteiger partial charge is 0.345 e. The van der Waals surface area contributed by atoms with Crippen LogP contribution in [0.25, 0.3) is 11.4 Å². The number of hydrogen-bond donors (Lipinski definition) is 1. The molecule has 0 radical (unpaired) electrons. The monoisotopic (exact) mass is 455 g/mol. The predicted molar refractivity (Wildman–Crippen MR) is 132 cm³/mol. The van der Waals surface area contributed by atoms with E-state index in [1.807, 2.05) is 83.4 Å². The van der Waals surface area contributed by atoms with Crippen molar-refractivity contribution >= 4 is 17.7 Å². The fourth-order valence-corrected chi connectivity index (χ4v) is 4.40. The average molecular weight is 456 g/mol. The number of hydrogen-bond acceptors (Lipinski definition) is 5. The quantitative estimate of drug-likeness (QED) is 0.272. The molecule has 166 valence electrons. The Labute approximate surface area is 197 Å². The molecular formula is C26H25N5OS. The number of amides is 1. The minimum absolute atomic E-state index is 0.0116. The van der Waals surface area contributed by atoms with Crippen LogP contribution in [0.1, 0.15) is 23.6 Å². The number of rotatable bonds is 10. The Morgan fingerprint density at radius 2 is 1.70 bits per heavy atom. The van der Waals surface area contributed by atoms with Crippen molar-refractivity contribution in [3.05, 3.63) is 109 Å². The van der Waals surface area contributed by atoms with Crippen LogP contribution in [0, 0.1) is 0 Å². The third-order valence-electron chi connectivity index (χ3n) is 5.08. The number of aromatic nitrogens is 4. The molecule has 0 saturated carbocycles. The van der Waals surface area contributed by atoms with E-state index in [1.54, 1.807) is 12.4 Å². The molecule has 0 spiro atoms. The number of allylic oxidation sites excluding steroid dienone is 1. The van der Waals surface area contributed by atoms with Gasteiger partial charge in [-0.25, -0.2) is 0 Å². The van der Waals surface area contributed by atoms with Gasteiger partial charge in [0.05, 0.1) is 6.04 Å². The van der Waals surface area contributed by atoms with Crippen LogP contribution < -0.4 is 5.32 Å². The highest BCUT2D eigenvalue weighted by molar-refractivity contribution is 7.99. The van der Waals surface area contributed by atoms with Gasteiger partial charge >= 0.3 is 0 Å². The zero-order chi connectivity index (χ0) is 22.9. The van der Waals surface area contributed by atoms with Crippen molar-refractivity contribution in [3.8, 4) is 11.4 Å². The van der Waals surface area contributed by atoms with Crippen molar-refractivity contribution in [2.24, 2.45) is 0 Å². The maximum Gasteiger partial charge on any atom is 0.221 e. The van der Waals surface area contributed by atoms with E-state index in [2.05, 4.69) is 27.1 Å². The van der Waals surface area contributed by atoms with Gasteiger partial charge in [-0.2, -0.15) is 0 Å². The Morgan fingerprint density at radius 1 is 1.00 bits per heavy atom. The third-order valence-corrected chi connectivity index (χ3v) is 6.05. The zero-order valence-corrected chi connectivity index (χ0v) is 19.0. The van der Waals surface area contributed by atoms with Crippen molar-refractivity contribution < 1.29 is 4.79 Å². The molecule has 6 nitrogen and oxygen atoms in total. The van der Waals surface area contributed by atoms with Crippen LogP contribution >= 0.6 is 11.8 Å². The number of nitrogens with zero attached hydrogens (tertiary/aromatic N) is 4. The Bertz CT molecular complexity index is 1140. The minimum atomic E-state index is -0.188. The molecule has 7 heteroatoms. The Hall–Kier alpha value is -3.71. The van der Waals surface area contributed by atoms with Crippen molar-refractivity contribution in [1.29, 1.82) is 0 Å². The van der Waals surface area contributed by atoms with Crippen LogP contribution in [0.4, 0.5) is 0 Å². The number of benzene rings is 2. The van der Waals surface area contributed by atoms with E-state index in [0.29, 0.717) is 18.7 Å². The summed E-state index contributed by atoms with van der Waals surface area (Å²) in [5.74, 6) is 1.32. The van der Waals surface area contributed by atoms with Crippen molar-refractivity contribution in [2.45, 2.75) is 24.2 Å². The second kappa shape index (κ2) is 11.2. The summed E-state index contributed by atoms with van der Waals surface area (Å²) in [5, 5.41) is 12.6. The summed E-state index contributed by atoms with van der Waals surface area (Å²) < 4.78 is 1.99. The molecule has 33 heavy (non-hydrogen) atoms. The second-order valence-electron chi connectivity index (χ2n) is 7.37. The molecule has 0 aliphatic heterocycles.